The van der Waals surface area contributed by atoms with E-state index in [1.54, 1.807) is 12.1 Å². The lowest BCUT2D eigenvalue weighted by atomic mass is 10.1. The van der Waals surface area contributed by atoms with Crippen molar-refractivity contribution in [2.45, 2.75) is 6.92 Å². The van der Waals surface area contributed by atoms with Crippen LogP contribution in [-0.2, 0) is 0 Å². The van der Waals surface area contributed by atoms with E-state index in [0.717, 1.165) is 11.6 Å². The largest absolute Gasteiger partial charge is 0.618 e. The van der Waals surface area contributed by atoms with Crippen molar-refractivity contribution in [3.8, 4) is 0 Å². The number of fused-ring (bicyclic) bond motifs is 4. The molecule has 22 heavy (non-hydrogen) atoms. The van der Waals surface area contributed by atoms with Crippen molar-refractivity contribution >= 4 is 38.8 Å². The van der Waals surface area contributed by atoms with E-state index in [0.29, 0.717) is 15.8 Å². The Morgan fingerprint density at radius 2 is 1.91 bits per heavy atom. The summed E-state index contributed by atoms with van der Waals surface area (Å²) in [7, 11) is 0. The van der Waals surface area contributed by atoms with Gasteiger partial charge < -0.3 is 5.21 Å². The summed E-state index contributed by atoms with van der Waals surface area (Å²) in [4.78, 5) is 14.9. The first-order chi connectivity index (χ1) is 10.6. The standard InChI is InChI=1S/C13H7N5O4/c1-6-2-3-7-8(4-6)17(19)9-5-10(18(20)21)12-13(11(9)14-7)16-22-15-12/h2-5H,1H3. The first-order valence-electron chi connectivity index (χ1n) is 6.29. The van der Waals surface area contributed by atoms with Crippen LogP contribution in [0.4, 0.5) is 5.69 Å². The van der Waals surface area contributed by atoms with Crippen LogP contribution in [0.3, 0.4) is 0 Å². The third kappa shape index (κ3) is 1.53. The van der Waals surface area contributed by atoms with Crippen LogP contribution in [-0.4, -0.2) is 20.2 Å². The summed E-state index contributed by atoms with van der Waals surface area (Å²) >= 11 is 0. The van der Waals surface area contributed by atoms with E-state index in [-0.39, 0.29) is 27.8 Å². The van der Waals surface area contributed by atoms with Crippen molar-refractivity contribution in [3.05, 3.63) is 45.2 Å². The zero-order chi connectivity index (χ0) is 15.4. The molecule has 0 saturated carbocycles. The van der Waals surface area contributed by atoms with Crippen LogP contribution in [0.2, 0.25) is 0 Å². The molecule has 4 aromatic rings. The van der Waals surface area contributed by atoms with Crippen molar-refractivity contribution in [1.82, 2.24) is 15.3 Å². The maximum atomic E-state index is 12.6. The zero-order valence-electron chi connectivity index (χ0n) is 11.2. The number of benzene rings is 2. The van der Waals surface area contributed by atoms with Crippen LogP contribution in [0.1, 0.15) is 5.56 Å². The molecule has 0 fully saturated rings. The van der Waals surface area contributed by atoms with E-state index < -0.39 is 4.92 Å². The summed E-state index contributed by atoms with van der Waals surface area (Å²) in [5.74, 6) is 0. The summed E-state index contributed by atoms with van der Waals surface area (Å²) in [6.07, 6.45) is 0. The molecule has 4 rings (SSSR count). The number of nitro groups is 1. The van der Waals surface area contributed by atoms with E-state index in [2.05, 4.69) is 19.9 Å². The second-order valence-corrected chi connectivity index (χ2v) is 4.88. The lowest BCUT2D eigenvalue weighted by molar-refractivity contribution is -0.548. The third-order valence-corrected chi connectivity index (χ3v) is 3.47. The van der Waals surface area contributed by atoms with Crippen molar-refractivity contribution in [3.63, 3.8) is 0 Å². The van der Waals surface area contributed by atoms with Gasteiger partial charge >= 0.3 is 5.69 Å². The van der Waals surface area contributed by atoms with Gasteiger partial charge in [0.15, 0.2) is 11.0 Å². The van der Waals surface area contributed by atoms with Gasteiger partial charge in [0.1, 0.15) is 5.52 Å². The normalized spacial score (nSPS) is 11.5. The second kappa shape index (κ2) is 4.07. The molecule has 9 heteroatoms. The van der Waals surface area contributed by atoms with Crippen LogP contribution >= 0.6 is 0 Å². The molecule has 2 aromatic carbocycles. The van der Waals surface area contributed by atoms with Gasteiger partial charge in [-0.2, -0.15) is 4.73 Å². The molecule has 0 radical (unpaired) electrons. The number of nitro benzene ring substituents is 1. The molecule has 0 aliphatic heterocycles. The number of nitrogens with zero attached hydrogens (tertiary/aromatic N) is 5. The lowest BCUT2D eigenvalue weighted by Gasteiger charge is -2.05. The molecule has 0 unspecified atom stereocenters. The SMILES string of the molecule is Cc1ccc2nc3c4nonc4c([N+](=O)[O-])cc3[n+]([O-])c2c1. The average molecular weight is 297 g/mol. The quantitative estimate of drug-likeness (QED) is 0.172. The zero-order valence-corrected chi connectivity index (χ0v) is 11.2. The number of aromatic nitrogens is 4. The highest BCUT2D eigenvalue weighted by molar-refractivity contribution is 6.04. The van der Waals surface area contributed by atoms with Gasteiger partial charge in [0.05, 0.1) is 11.0 Å². The Bertz CT molecular complexity index is 1090. The van der Waals surface area contributed by atoms with Gasteiger partial charge in [0.25, 0.3) is 5.52 Å². The summed E-state index contributed by atoms with van der Waals surface area (Å²) in [5.41, 5.74) is 1.66. The Kier molecular flexibility index (Phi) is 2.29. The Balaban J connectivity index is 2.29. The molecular weight excluding hydrogens is 290 g/mol. The summed E-state index contributed by atoms with van der Waals surface area (Å²) in [5, 5.41) is 30.9. The van der Waals surface area contributed by atoms with Crippen LogP contribution in [0, 0.1) is 22.2 Å². The van der Waals surface area contributed by atoms with Gasteiger partial charge in [-0.3, -0.25) is 10.1 Å². The van der Waals surface area contributed by atoms with Gasteiger partial charge in [0, 0.05) is 6.07 Å². The first kappa shape index (κ1) is 12.4. The van der Waals surface area contributed by atoms with Crippen molar-refractivity contribution in [2.75, 3.05) is 0 Å². The van der Waals surface area contributed by atoms with Crippen molar-refractivity contribution < 1.29 is 14.3 Å². The maximum absolute atomic E-state index is 12.6. The van der Waals surface area contributed by atoms with E-state index in [4.69, 9.17) is 0 Å². The smallest absolute Gasteiger partial charge is 0.307 e. The maximum Gasteiger partial charge on any atom is 0.307 e. The molecule has 0 N–H and O–H groups in total. The van der Waals surface area contributed by atoms with E-state index in [1.165, 1.54) is 0 Å². The molecule has 0 bridgehead atoms. The van der Waals surface area contributed by atoms with E-state index >= 15 is 0 Å². The topological polar surface area (TPSA) is 122 Å². The molecule has 9 nitrogen and oxygen atoms in total. The van der Waals surface area contributed by atoms with E-state index in [9.17, 15) is 15.3 Å². The van der Waals surface area contributed by atoms with Crippen LogP contribution in [0.5, 0.6) is 0 Å². The molecule has 0 aliphatic carbocycles. The molecule has 2 aromatic heterocycles. The van der Waals surface area contributed by atoms with Gasteiger partial charge in [0.2, 0.25) is 11.0 Å². The van der Waals surface area contributed by atoms with Crippen molar-refractivity contribution in [1.29, 1.82) is 0 Å². The Morgan fingerprint density at radius 1 is 1.14 bits per heavy atom. The summed E-state index contributed by atoms with van der Waals surface area (Å²) in [6.45, 7) is 1.84. The van der Waals surface area contributed by atoms with Crippen LogP contribution < -0.4 is 4.73 Å². The molecule has 0 amide bonds. The van der Waals surface area contributed by atoms with Gasteiger partial charge in [-0.15, -0.1) is 0 Å². The van der Waals surface area contributed by atoms with Crippen LogP contribution in [0.15, 0.2) is 28.9 Å². The molecule has 0 aliphatic rings. The monoisotopic (exact) mass is 297 g/mol. The van der Waals surface area contributed by atoms with Gasteiger partial charge in [-0.05, 0) is 28.9 Å². The predicted molar refractivity (Wildman–Crippen MR) is 75.0 cm³/mol. The molecule has 2 heterocycles. The van der Waals surface area contributed by atoms with E-state index in [1.807, 2.05) is 13.0 Å². The lowest BCUT2D eigenvalue weighted by Crippen LogP contribution is -2.29. The number of hydrogen-bond acceptors (Lipinski definition) is 7. The van der Waals surface area contributed by atoms with Crippen LogP contribution in [0.25, 0.3) is 33.1 Å². The van der Waals surface area contributed by atoms with Gasteiger partial charge in [-0.1, -0.05) is 6.07 Å². The number of non-ortho nitro benzene ring substituents is 1. The predicted octanol–water partition coefficient (Wildman–Crippen LogP) is 1.77. The minimum absolute atomic E-state index is 0.0311. The molecule has 0 spiro atoms. The fourth-order valence-electron chi connectivity index (χ4n) is 2.44. The fraction of sp³-hybridized carbons (Fsp3) is 0.0769. The third-order valence-electron chi connectivity index (χ3n) is 3.47. The highest BCUT2D eigenvalue weighted by Gasteiger charge is 2.26. The molecular formula is C13H7N5O4. The second-order valence-electron chi connectivity index (χ2n) is 4.88. The minimum Gasteiger partial charge on any atom is -0.618 e. The average Bonchev–Trinajstić information content (AvgIpc) is 2.97. The minimum atomic E-state index is -0.633. The van der Waals surface area contributed by atoms with Crippen molar-refractivity contribution in [2.24, 2.45) is 0 Å². The number of rotatable bonds is 1. The van der Waals surface area contributed by atoms with Gasteiger partial charge in [-0.25, -0.2) is 9.61 Å². The highest BCUT2D eigenvalue weighted by Crippen LogP contribution is 2.29. The molecule has 108 valence electrons. The fourth-order valence-corrected chi connectivity index (χ4v) is 2.44. The number of hydrogen-bond donors (Lipinski definition) is 0. The Morgan fingerprint density at radius 3 is 2.68 bits per heavy atom. The summed E-state index contributed by atoms with van der Waals surface area (Å²) < 4.78 is 5.20. The molecule has 0 saturated heterocycles. The number of aryl methyl sites for hydroxylation is 1. The summed E-state index contributed by atoms with van der Waals surface area (Å²) in [6, 6.07) is 6.35. The molecule has 0 atom stereocenters. The first-order valence-corrected chi connectivity index (χ1v) is 6.29. The Hall–Kier alpha value is -3.36. The Labute approximate surface area is 121 Å². The highest BCUT2D eigenvalue weighted by atomic mass is 16.6.